The Hall–Kier alpha value is -3.55. The number of hydrogen-bond acceptors (Lipinski definition) is 5. The number of fused-ring (bicyclic) bond motifs is 1. The normalized spacial score (nSPS) is 14.6. The molecule has 152 valence electrons. The lowest BCUT2D eigenvalue weighted by molar-refractivity contribution is 0.0947. The van der Waals surface area contributed by atoms with Crippen LogP contribution in [0.1, 0.15) is 23.0 Å². The summed E-state index contributed by atoms with van der Waals surface area (Å²) in [6, 6.07) is 1.82. The topological polar surface area (TPSA) is 88.3 Å². The summed E-state index contributed by atoms with van der Waals surface area (Å²) in [5.74, 6) is -0.0679. The zero-order valence-corrected chi connectivity index (χ0v) is 16.5. The Morgan fingerprint density at radius 3 is 2.97 bits per heavy atom. The quantitative estimate of drug-likeness (QED) is 0.489. The number of anilines is 1. The van der Waals surface area contributed by atoms with Crippen molar-refractivity contribution < 1.29 is 18.7 Å². The molecule has 3 N–H and O–H groups in total. The summed E-state index contributed by atoms with van der Waals surface area (Å²) < 4.78 is 23.5. The van der Waals surface area contributed by atoms with E-state index in [0.29, 0.717) is 30.0 Å². The molecule has 7 nitrogen and oxygen atoms in total. The van der Waals surface area contributed by atoms with Gasteiger partial charge in [-0.05, 0) is 25.1 Å². The maximum absolute atomic E-state index is 13.4. The van der Waals surface area contributed by atoms with Gasteiger partial charge in [-0.3, -0.25) is 9.78 Å². The van der Waals surface area contributed by atoms with Gasteiger partial charge >= 0.3 is 0 Å². The lowest BCUT2D eigenvalue weighted by Gasteiger charge is -2.15. The average molecular weight is 398 g/mol. The van der Waals surface area contributed by atoms with Crippen molar-refractivity contribution in [3.8, 4) is 17.0 Å². The number of carbonyl (C=O) groups is 1. The number of halogens is 1. The number of methoxy groups -OCH3 is 2. The zero-order valence-electron chi connectivity index (χ0n) is 16.5. The molecule has 1 aliphatic heterocycles. The first kappa shape index (κ1) is 20.2. The van der Waals surface area contributed by atoms with Crippen LogP contribution in [0.2, 0.25) is 0 Å². The molecule has 0 bridgehead atoms. The summed E-state index contributed by atoms with van der Waals surface area (Å²) in [6.07, 6.45) is 9.52. The van der Waals surface area contributed by atoms with E-state index in [4.69, 9.17) is 4.74 Å². The summed E-state index contributed by atoms with van der Waals surface area (Å²) in [5.41, 5.74) is 4.28. The van der Waals surface area contributed by atoms with E-state index in [1.807, 2.05) is 13.0 Å². The lowest BCUT2D eigenvalue weighted by Crippen LogP contribution is -2.31. The Balaban J connectivity index is 2.02. The predicted molar refractivity (Wildman–Crippen MR) is 109 cm³/mol. The van der Waals surface area contributed by atoms with Crippen LogP contribution in [0.15, 0.2) is 54.5 Å². The molecule has 29 heavy (non-hydrogen) atoms. The Morgan fingerprint density at radius 2 is 2.21 bits per heavy atom. The minimum atomic E-state index is -0.503. The summed E-state index contributed by atoms with van der Waals surface area (Å²) in [5, 5.41) is 6.14. The van der Waals surface area contributed by atoms with Gasteiger partial charge in [-0.15, -0.1) is 0 Å². The van der Waals surface area contributed by atoms with E-state index in [1.165, 1.54) is 13.2 Å². The second kappa shape index (κ2) is 9.09. The van der Waals surface area contributed by atoms with Gasteiger partial charge in [-0.2, -0.15) is 0 Å². The molecule has 0 aromatic carbocycles. The highest BCUT2D eigenvalue weighted by Gasteiger charge is 2.27. The molecule has 2 aromatic heterocycles. The number of aromatic nitrogens is 2. The Kier molecular flexibility index (Phi) is 6.33. The van der Waals surface area contributed by atoms with Crippen LogP contribution in [0.25, 0.3) is 11.3 Å². The van der Waals surface area contributed by atoms with Crippen LogP contribution in [0, 0.1) is 0 Å². The number of carbonyl (C=O) groups excluding carboxylic acids is 1. The van der Waals surface area contributed by atoms with Crippen LogP contribution in [0.5, 0.6) is 5.75 Å². The standard InChI is InChI=1S/C21H23FN4O3/c1-13(5-4-6-14(22)12-28-2)25-20-18-16(8-10-24-21(18)27)26-19(20)15-7-9-23-11-17(15)29-3/h4-7,9,11-12,25-26H,8,10H2,1-3H3,(H,24,27)/b6-4-,13-5+,14-12-. The Morgan fingerprint density at radius 1 is 1.38 bits per heavy atom. The largest absolute Gasteiger partial charge is 0.501 e. The van der Waals surface area contributed by atoms with E-state index in [0.717, 1.165) is 28.9 Å². The number of amides is 1. The molecule has 0 atom stereocenters. The van der Waals surface area contributed by atoms with Gasteiger partial charge in [-0.25, -0.2) is 4.39 Å². The molecule has 0 saturated carbocycles. The van der Waals surface area contributed by atoms with Crippen LogP contribution in [0.4, 0.5) is 10.1 Å². The van der Waals surface area contributed by atoms with Crippen molar-refractivity contribution in [1.82, 2.24) is 15.3 Å². The fourth-order valence-electron chi connectivity index (χ4n) is 3.13. The van der Waals surface area contributed by atoms with Gasteiger partial charge in [0.1, 0.15) is 12.0 Å². The second-order valence-electron chi connectivity index (χ2n) is 6.38. The molecule has 0 aliphatic carbocycles. The molecule has 8 heteroatoms. The maximum Gasteiger partial charge on any atom is 0.255 e. The number of rotatable bonds is 7. The molecular formula is C21H23FN4O3. The third-order valence-corrected chi connectivity index (χ3v) is 4.39. The number of hydrogen-bond donors (Lipinski definition) is 3. The molecule has 0 spiro atoms. The van der Waals surface area contributed by atoms with Crippen LogP contribution in [-0.4, -0.2) is 36.6 Å². The summed E-state index contributed by atoms with van der Waals surface area (Å²) in [6.45, 7) is 2.40. The Labute approximate surface area is 168 Å². The number of pyridine rings is 1. The summed E-state index contributed by atoms with van der Waals surface area (Å²) in [7, 11) is 2.95. The molecule has 0 unspecified atom stereocenters. The van der Waals surface area contributed by atoms with Crippen LogP contribution >= 0.6 is 0 Å². The van der Waals surface area contributed by atoms with Crippen LogP contribution in [-0.2, 0) is 11.2 Å². The molecule has 3 rings (SSSR count). The Bertz CT molecular complexity index is 992. The molecular weight excluding hydrogens is 375 g/mol. The first-order valence-corrected chi connectivity index (χ1v) is 9.07. The number of allylic oxidation sites excluding steroid dienone is 5. The van der Waals surface area contributed by atoms with Gasteiger partial charge in [0.2, 0.25) is 0 Å². The fraction of sp³-hybridized carbons (Fsp3) is 0.238. The van der Waals surface area contributed by atoms with Gasteiger partial charge < -0.3 is 25.1 Å². The first-order chi connectivity index (χ1) is 14.0. The third kappa shape index (κ3) is 4.48. The number of nitrogens with zero attached hydrogens (tertiary/aromatic N) is 1. The molecule has 0 fully saturated rings. The molecule has 1 aliphatic rings. The zero-order chi connectivity index (χ0) is 20.8. The van der Waals surface area contributed by atoms with Crippen molar-refractivity contribution in [3.63, 3.8) is 0 Å². The highest BCUT2D eigenvalue weighted by atomic mass is 19.1. The van der Waals surface area contributed by atoms with Crippen molar-refractivity contribution in [2.45, 2.75) is 13.3 Å². The summed E-state index contributed by atoms with van der Waals surface area (Å²) >= 11 is 0. The van der Waals surface area contributed by atoms with Crippen molar-refractivity contribution in [2.75, 3.05) is 26.1 Å². The van der Waals surface area contributed by atoms with E-state index in [1.54, 1.807) is 31.7 Å². The van der Waals surface area contributed by atoms with E-state index in [9.17, 15) is 9.18 Å². The van der Waals surface area contributed by atoms with Gasteiger partial charge in [0, 0.05) is 36.1 Å². The van der Waals surface area contributed by atoms with Crippen molar-refractivity contribution in [2.24, 2.45) is 0 Å². The molecule has 0 radical (unpaired) electrons. The summed E-state index contributed by atoms with van der Waals surface area (Å²) in [4.78, 5) is 20.0. The smallest absolute Gasteiger partial charge is 0.255 e. The molecule has 2 aromatic rings. The van der Waals surface area contributed by atoms with Crippen molar-refractivity contribution in [3.05, 3.63) is 65.7 Å². The third-order valence-electron chi connectivity index (χ3n) is 4.39. The van der Waals surface area contributed by atoms with Gasteiger partial charge in [0.15, 0.2) is 5.83 Å². The van der Waals surface area contributed by atoms with Gasteiger partial charge in [-0.1, -0.05) is 6.08 Å². The molecule has 0 saturated heterocycles. The van der Waals surface area contributed by atoms with E-state index >= 15 is 0 Å². The number of nitrogens with one attached hydrogen (secondary N) is 3. The monoisotopic (exact) mass is 398 g/mol. The van der Waals surface area contributed by atoms with Gasteiger partial charge in [0.25, 0.3) is 5.91 Å². The van der Waals surface area contributed by atoms with E-state index in [2.05, 4.69) is 25.3 Å². The highest BCUT2D eigenvalue weighted by Crippen LogP contribution is 2.39. The van der Waals surface area contributed by atoms with Crippen molar-refractivity contribution >= 4 is 11.6 Å². The number of H-pyrrole nitrogens is 1. The molecule has 3 heterocycles. The minimum absolute atomic E-state index is 0.151. The number of aromatic amines is 1. The van der Waals surface area contributed by atoms with Gasteiger partial charge in [0.05, 0.1) is 37.4 Å². The van der Waals surface area contributed by atoms with Crippen molar-refractivity contribution in [1.29, 1.82) is 0 Å². The molecule has 1 amide bonds. The second-order valence-corrected chi connectivity index (χ2v) is 6.38. The van der Waals surface area contributed by atoms with Crippen LogP contribution < -0.4 is 15.4 Å². The minimum Gasteiger partial charge on any atom is -0.501 e. The van der Waals surface area contributed by atoms with E-state index in [-0.39, 0.29) is 5.91 Å². The average Bonchev–Trinajstić information content (AvgIpc) is 3.07. The van der Waals surface area contributed by atoms with Crippen LogP contribution in [0.3, 0.4) is 0 Å². The maximum atomic E-state index is 13.4. The number of ether oxygens (including phenoxy) is 2. The fourth-order valence-corrected chi connectivity index (χ4v) is 3.13. The van der Waals surface area contributed by atoms with E-state index < -0.39 is 5.83 Å². The lowest BCUT2D eigenvalue weighted by atomic mass is 10.1. The first-order valence-electron chi connectivity index (χ1n) is 9.07. The SMILES string of the molecule is CO/C=C(F)/C=C\C=C(/C)Nc1c(-c2ccncc2OC)[nH]c2c1C(=O)NCC2. The predicted octanol–water partition coefficient (Wildman–Crippen LogP) is 3.70. The highest BCUT2D eigenvalue weighted by molar-refractivity contribution is 6.06.